The standard InChI is InChI=1S/C13H24N4/c1-4-10-5-7-11(8-6-10)17-9-12(15-16-17)13(2,3)14/h9-11H,4-8,14H2,1-3H3. The van der Waals surface area contributed by atoms with E-state index >= 15 is 0 Å². The first-order chi connectivity index (χ1) is 8.00. The molecule has 1 aliphatic carbocycles. The highest BCUT2D eigenvalue weighted by molar-refractivity contribution is 5.06. The summed E-state index contributed by atoms with van der Waals surface area (Å²) < 4.78 is 2.02. The van der Waals surface area contributed by atoms with Crippen molar-refractivity contribution < 1.29 is 0 Å². The van der Waals surface area contributed by atoms with E-state index in [0.717, 1.165) is 11.6 Å². The van der Waals surface area contributed by atoms with Gasteiger partial charge in [0.2, 0.25) is 0 Å². The summed E-state index contributed by atoms with van der Waals surface area (Å²) in [6, 6.07) is 0.529. The average Bonchev–Trinajstić information content (AvgIpc) is 2.78. The molecule has 0 spiro atoms. The lowest BCUT2D eigenvalue weighted by Gasteiger charge is -2.27. The fraction of sp³-hybridized carbons (Fsp3) is 0.846. The third-order valence-electron chi connectivity index (χ3n) is 3.94. The molecule has 0 unspecified atom stereocenters. The summed E-state index contributed by atoms with van der Waals surface area (Å²) >= 11 is 0. The van der Waals surface area contributed by atoms with Gasteiger partial charge < -0.3 is 5.73 Å². The van der Waals surface area contributed by atoms with Crippen LogP contribution in [-0.2, 0) is 5.54 Å². The Balaban J connectivity index is 2.02. The van der Waals surface area contributed by atoms with Crippen molar-refractivity contribution in [2.24, 2.45) is 11.7 Å². The van der Waals surface area contributed by atoms with Gasteiger partial charge in [-0.25, -0.2) is 4.68 Å². The van der Waals surface area contributed by atoms with Gasteiger partial charge in [0.25, 0.3) is 0 Å². The number of nitrogens with two attached hydrogens (primary N) is 1. The molecule has 96 valence electrons. The molecule has 0 amide bonds. The Bertz CT molecular complexity index is 356. The minimum absolute atomic E-state index is 0.390. The van der Waals surface area contributed by atoms with E-state index in [9.17, 15) is 0 Å². The zero-order chi connectivity index (χ0) is 12.5. The highest BCUT2D eigenvalue weighted by Gasteiger charge is 2.24. The smallest absolute Gasteiger partial charge is 0.102 e. The molecule has 0 atom stereocenters. The number of hydrogen-bond donors (Lipinski definition) is 1. The summed E-state index contributed by atoms with van der Waals surface area (Å²) in [6.45, 7) is 6.22. The molecule has 1 heterocycles. The first-order valence-electron chi connectivity index (χ1n) is 6.72. The van der Waals surface area contributed by atoms with Crippen LogP contribution in [-0.4, -0.2) is 15.0 Å². The van der Waals surface area contributed by atoms with Crippen molar-refractivity contribution in [3.8, 4) is 0 Å². The summed E-state index contributed by atoms with van der Waals surface area (Å²) in [6.07, 6.45) is 8.44. The normalized spacial score (nSPS) is 26.1. The topological polar surface area (TPSA) is 56.7 Å². The molecular formula is C13H24N4. The Hall–Kier alpha value is -0.900. The molecule has 1 aromatic rings. The predicted molar refractivity (Wildman–Crippen MR) is 68.5 cm³/mol. The zero-order valence-electron chi connectivity index (χ0n) is 11.2. The number of hydrogen-bond acceptors (Lipinski definition) is 3. The largest absolute Gasteiger partial charge is 0.320 e. The van der Waals surface area contributed by atoms with Crippen LogP contribution in [0.3, 0.4) is 0 Å². The van der Waals surface area contributed by atoms with Crippen LogP contribution in [0, 0.1) is 5.92 Å². The lowest BCUT2D eigenvalue weighted by molar-refractivity contribution is 0.253. The third-order valence-corrected chi connectivity index (χ3v) is 3.94. The fourth-order valence-electron chi connectivity index (χ4n) is 2.57. The minimum Gasteiger partial charge on any atom is -0.320 e. The van der Waals surface area contributed by atoms with Gasteiger partial charge in [-0.1, -0.05) is 18.6 Å². The van der Waals surface area contributed by atoms with Crippen molar-refractivity contribution >= 4 is 0 Å². The van der Waals surface area contributed by atoms with Crippen molar-refractivity contribution in [2.75, 3.05) is 0 Å². The molecule has 17 heavy (non-hydrogen) atoms. The summed E-state index contributed by atoms with van der Waals surface area (Å²) in [7, 11) is 0. The molecule has 1 saturated carbocycles. The fourth-order valence-corrected chi connectivity index (χ4v) is 2.57. The second kappa shape index (κ2) is 4.77. The Labute approximate surface area is 104 Å². The van der Waals surface area contributed by atoms with E-state index in [4.69, 9.17) is 5.73 Å². The molecule has 4 heteroatoms. The van der Waals surface area contributed by atoms with E-state index in [1.54, 1.807) is 0 Å². The van der Waals surface area contributed by atoms with E-state index < -0.39 is 5.54 Å². The molecule has 0 radical (unpaired) electrons. The second-order valence-electron chi connectivity index (χ2n) is 5.89. The van der Waals surface area contributed by atoms with Gasteiger partial charge in [-0.2, -0.15) is 0 Å². The number of aromatic nitrogens is 3. The minimum atomic E-state index is -0.390. The van der Waals surface area contributed by atoms with Crippen LogP contribution in [0.15, 0.2) is 6.20 Å². The summed E-state index contributed by atoms with van der Waals surface area (Å²) in [5.74, 6) is 0.917. The van der Waals surface area contributed by atoms with Crippen LogP contribution in [0.1, 0.15) is 64.6 Å². The van der Waals surface area contributed by atoms with Crippen molar-refractivity contribution in [1.82, 2.24) is 15.0 Å². The van der Waals surface area contributed by atoms with Gasteiger partial charge in [0.1, 0.15) is 5.69 Å². The van der Waals surface area contributed by atoms with E-state index in [-0.39, 0.29) is 0 Å². The zero-order valence-corrected chi connectivity index (χ0v) is 11.2. The molecule has 1 aromatic heterocycles. The highest BCUT2D eigenvalue weighted by atomic mass is 15.4. The van der Waals surface area contributed by atoms with Gasteiger partial charge >= 0.3 is 0 Å². The lowest BCUT2D eigenvalue weighted by Crippen LogP contribution is -2.29. The van der Waals surface area contributed by atoms with Crippen LogP contribution >= 0.6 is 0 Å². The summed E-state index contributed by atoms with van der Waals surface area (Å²) in [5.41, 5.74) is 6.52. The number of rotatable bonds is 3. The monoisotopic (exact) mass is 236 g/mol. The SMILES string of the molecule is CCC1CCC(n2cc(C(C)(C)N)nn2)CC1. The third kappa shape index (κ3) is 2.86. The summed E-state index contributed by atoms with van der Waals surface area (Å²) in [4.78, 5) is 0. The number of nitrogens with zero attached hydrogens (tertiary/aromatic N) is 3. The molecule has 2 N–H and O–H groups in total. The van der Waals surface area contributed by atoms with E-state index in [1.807, 2.05) is 24.7 Å². The Kier molecular flexibility index (Phi) is 3.52. The maximum Gasteiger partial charge on any atom is 0.102 e. The molecule has 1 fully saturated rings. The lowest BCUT2D eigenvalue weighted by atomic mass is 9.84. The van der Waals surface area contributed by atoms with Gasteiger partial charge in [0.05, 0.1) is 17.8 Å². The average molecular weight is 236 g/mol. The Morgan fingerprint density at radius 3 is 2.47 bits per heavy atom. The first-order valence-corrected chi connectivity index (χ1v) is 6.72. The van der Waals surface area contributed by atoms with E-state index in [2.05, 4.69) is 17.2 Å². The van der Waals surface area contributed by atoms with Crippen LogP contribution in [0.4, 0.5) is 0 Å². The van der Waals surface area contributed by atoms with Gasteiger partial charge in [0, 0.05) is 0 Å². The maximum absolute atomic E-state index is 6.03. The van der Waals surface area contributed by atoms with Crippen LogP contribution < -0.4 is 5.73 Å². The highest BCUT2D eigenvalue weighted by Crippen LogP contribution is 2.33. The molecule has 2 rings (SSSR count). The van der Waals surface area contributed by atoms with Gasteiger partial charge in [-0.15, -0.1) is 5.10 Å². The molecule has 0 aromatic carbocycles. The molecule has 0 bridgehead atoms. The quantitative estimate of drug-likeness (QED) is 0.877. The van der Waals surface area contributed by atoms with Crippen molar-refractivity contribution in [3.63, 3.8) is 0 Å². The molecule has 0 aliphatic heterocycles. The molecule has 4 nitrogen and oxygen atoms in total. The first kappa shape index (κ1) is 12.6. The van der Waals surface area contributed by atoms with Crippen LogP contribution in [0.5, 0.6) is 0 Å². The molecular weight excluding hydrogens is 212 g/mol. The van der Waals surface area contributed by atoms with Crippen molar-refractivity contribution in [3.05, 3.63) is 11.9 Å². The Morgan fingerprint density at radius 1 is 1.35 bits per heavy atom. The van der Waals surface area contributed by atoms with E-state index in [0.29, 0.717) is 6.04 Å². The van der Waals surface area contributed by atoms with Gasteiger partial charge in [-0.05, 0) is 45.4 Å². The van der Waals surface area contributed by atoms with Crippen molar-refractivity contribution in [2.45, 2.75) is 64.5 Å². The van der Waals surface area contributed by atoms with Gasteiger partial charge in [-0.3, -0.25) is 0 Å². The van der Waals surface area contributed by atoms with E-state index in [1.165, 1.54) is 32.1 Å². The summed E-state index contributed by atoms with van der Waals surface area (Å²) in [5, 5.41) is 8.43. The van der Waals surface area contributed by atoms with Crippen LogP contribution in [0.2, 0.25) is 0 Å². The predicted octanol–water partition coefficient (Wildman–Crippen LogP) is 2.61. The van der Waals surface area contributed by atoms with Gasteiger partial charge in [0.15, 0.2) is 0 Å². The maximum atomic E-state index is 6.03. The molecule has 0 saturated heterocycles. The van der Waals surface area contributed by atoms with Crippen molar-refractivity contribution in [1.29, 1.82) is 0 Å². The van der Waals surface area contributed by atoms with Crippen LogP contribution in [0.25, 0.3) is 0 Å². The Morgan fingerprint density at radius 2 is 2.00 bits per heavy atom. The second-order valence-corrected chi connectivity index (χ2v) is 5.89. The molecule has 1 aliphatic rings.